The maximum atomic E-state index is 12.5. The first-order chi connectivity index (χ1) is 13.7. The summed E-state index contributed by atoms with van der Waals surface area (Å²) in [5.74, 6) is -0.390. The average molecular weight is 435 g/mol. The Morgan fingerprint density at radius 3 is 2.66 bits per heavy atom. The third-order valence-electron chi connectivity index (χ3n) is 4.89. The molecule has 2 amide bonds. The molecule has 1 aliphatic heterocycles. The molecule has 6 nitrogen and oxygen atoms in total. The van der Waals surface area contributed by atoms with Crippen LogP contribution in [-0.4, -0.2) is 24.9 Å². The normalized spacial score (nSPS) is 16.3. The van der Waals surface area contributed by atoms with Crippen LogP contribution in [0.3, 0.4) is 0 Å². The third kappa shape index (κ3) is 5.21. The Hall–Kier alpha value is -2.28. The fourth-order valence-electron chi connectivity index (χ4n) is 3.01. The van der Waals surface area contributed by atoms with E-state index in [2.05, 4.69) is 16.0 Å². The number of nitrogens with two attached hydrogens (primary N) is 1. The number of rotatable bonds is 5. The van der Waals surface area contributed by atoms with Gasteiger partial charge in [-0.15, -0.1) is 0 Å². The highest BCUT2D eigenvalue weighted by molar-refractivity contribution is 6.35. The fraction of sp³-hybridized carbons (Fsp3) is 0.333. The maximum absolute atomic E-state index is 12.5. The zero-order valence-corrected chi connectivity index (χ0v) is 17.8. The number of hydrogen-bond acceptors (Lipinski definition) is 4. The van der Waals surface area contributed by atoms with Gasteiger partial charge in [0.1, 0.15) is 0 Å². The Balaban J connectivity index is 1.82. The van der Waals surface area contributed by atoms with Gasteiger partial charge in [-0.25, -0.2) is 0 Å². The van der Waals surface area contributed by atoms with Crippen molar-refractivity contribution in [2.75, 3.05) is 23.7 Å². The second-order valence-corrected chi connectivity index (χ2v) is 8.77. The first-order valence-electron chi connectivity index (χ1n) is 9.32. The Morgan fingerprint density at radius 1 is 1.21 bits per heavy atom. The first kappa shape index (κ1) is 21.4. The number of nitrogens with one attached hydrogen (secondary N) is 3. The van der Waals surface area contributed by atoms with E-state index < -0.39 is 0 Å². The van der Waals surface area contributed by atoms with Crippen molar-refractivity contribution in [3.05, 3.63) is 57.6 Å². The Morgan fingerprint density at radius 2 is 1.97 bits per heavy atom. The van der Waals surface area contributed by atoms with Crippen LogP contribution in [0.2, 0.25) is 10.0 Å². The van der Waals surface area contributed by atoms with Crippen LogP contribution in [0.5, 0.6) is 0 Å². The van der Waals surface area contributed by atoms with Crippen molar-refractivity contribution in [3.8, 4) is 0 Å². The topological polar surface area (TPSA) is 96.2 Å². The smallest absolute Gasteiger partial charge is 0.251 e. The number of carbonyl (C=O) groups excluding carboxylic acids is 2. The molecule has 1 unspecified atom stereocenters. The zero-order chi connectivity index (χ0) is 21.2. The van der Waals surface area contributed by atoms with Gasteiger partial charge in [0.2, 0.25) is 5.91 Å². The lowest BCUT2D eigenvalue weighted by molar-refractivity contribution is -0.116. The molecule has 154 valence electrons. The van der Waals surface area contributed by atoms with Gasteiger partial charge in [0.25, 0.3) is 5.91 Å². The molecule has 5 N–H and O–H groups in total. The lowest BCUT2D eigenvalue weighted by Crippen LogP contribution is -2.38. The number of benzene rings is 2. The molecule has 0 radical (unpaired) electrons. The van der Waals surface area contributed by atoms with E-state index in [9.17, 15) is 9.59 Å². The van der Waals surface area contributed by atoms with Crippen LogP contribution in [0.15, 0.2) is 36.4 Å². The Kier molecular flexibility index (Phi) is 6.36. The highest BCUT2D eigenvalue weighted by Gasteiger charge is 2.25. The monoisotopic (exact) mass is 434 g/mol. The predicted octanol–water partition coefficient (Wildman–Crippen LogP) is 4.20. The largest absolute Gasteiger partial charge is 0.376 e. The molecule has 0 aliphatic carbocycles. The molecule has 0 saturated carbocycles. The minimum atomic E-state index is -0.314. The van der Waals surface area contributed by atoms with Crippen molar-refractivity contribution in [2.45, 2.75) is 26.3 Å². The average Bonchev–Trinajstić information content (AvgIpc) is 2.83. The Bertz CT molecular complexity index is 946. The van der Waals surface area contributed by atoms with Gasteiger partial charge in [0, 0.05) is 22.2 Å². The predicted molar refractivity (Wildman–Crippen MR) is 118 cm³/mol. The molecule has 1 heterocycles. The van der Waals surface area contributed by atoms with Crippen molar-refractivity contribution in [2.24, 2.45) is 11.1 Å². The van der Waals surface area contributed by atoms with Crippen molar-refractivity contribution in [1.29, 1.82) is 0 Å². The molecule has 0 bridgehead atoms. The molecule has 1 atom stereocenters. The van der Waals surface area contributed by atoms with E-state index in [0.717, 1.165) is 5.56 Å². The molecular weight excluding hydrogens is 411 g/mol. The zero-order valence-electron chi connectivity index (χ0n) is 16.3. The molecule has 29 heavy (non-hydrogen) atoms. The minimum Gasteiger partial charge on any atom is -0.376 e. The molecule has 0 saturated heterocycles. The summed E-state index contributed by atoms with van der Waals surface area (Å²) in [6, 6.07) is 10.0. The summed E-state index contributed by atoms with van der Waals surface area (Å²) in [6.45, 7) is 4.89. The minimum absolute atomic E-state index is 0.172. The van der Waals surface area contributed by atoms with Gasteiger partial charge in [-0.2, -0.15) is 0 Å². The van der Waals surface area contributed by atoms with Gasteiger partial charge in [0.15, 0.2) is 0 Å². The van der Waals surface area contributed by atoms with Gasteiger partial charge in [-0.05, 0) is 47.9 Å². The fourth-order valence-corrected chi connectivity index (χ4v) is 3.55. The van der Waals surface area contributed by atoms with E-state index >= 15 is 0 Å². The Labute approximate surface area is 180 Å². The van der Waals surface area contributed by atoms with Crippen LogP contribution in [0.25, 0.3) is 0 Å². The van der Waals surface area contributed by atoms with Crippen molar-refractivity contribution < 1.29 is 9.59 Å². The van der Waals surface area contributed by atoms with E-state index in [1.54, 1.807) is 30.3 Å². The van der Waals surface area contributed by atoms with E-state index in [-0.39, 0.29) is 29.7 Å². The molecule has 2 aromatic carbocycles. The SMILES string of the molecule is CC(C)(CN)CNC(=O)c1ccc2c(c1)NC(=O)CC(c1ccc(Cl)cc1Cl)N2. The van der Waals surface area contributed by atoms with E-state index in [0.29, 0.717) is 40.1 Å². The lowest BCUT2D eigenvalue weighted by atomic mass is 9.94. The van der Waals surface area contributed by atoms with Crippen molar-refractivity contribution in [1.82, 2.24) is 5.32 Å². The van der Waals surface area contributed by atoms with Crippen molar-refractivity contribution >= 4 is 46.4 Å². The second-order valence-electron chi connectivity index (χ2n) is 7.93. The summed E-state index contributed by atoms with van der Waals surface area (Å²) in [5.41, 5.74) is 8.02. The number of hydrogen-bond donors (Lipinski definition) is 4. The molecular formula is C21H24Cl2N4O2. The summed E-state index contributed by atoms with van der Waals surface area (Å²) < 4.78 is 0. The van der Waals surface area contributed by atoms with Crippen LogP contribution in [-0.2, 0) is 4.79 Å². The number of amides is 2. The van der Waals surface area contributed by atoms with E-state index in [1.807, 2.05) is 19.9 Å². The van der Waals surface area contributed by atoms with Crippen LogP contribution in [0.1, 0.15) is 42.2 Å². The molecule has 2 aromatic rings. The van der Waals surface area contributed by atoms with Gasteiger partial charge >= 0.3 is 0 Å². The summed E-state index contributed by atoms with van der Waals surface area (Å²) in [4.78, 5) is 25.0. The molecule has 8 heteroatoms. The van der Waals surface area contributed by atoms with Gasteiger partial charge in [0.05, 0.1) is 23.8 Å². The van der Waals surface area contributed by atoms with Gasteiger partial charge < -0.3 is 21.7 Å². The summed E-state index contributed by atoms with van der Waals surface area (Å²) >= 11 is 12.3. The summed E-state index contributed by atoms with van der Waals surface area (Å²) in [6.07, 6.45) is 0.197. The molecule has 3 rings (SSSR count). The van der Waals surface area contributed by atoms with Gasteiger partial charge in [-0.1, -0.05) is 43.1 Å². The first-order valence-corrected chi connectivity index (χ1v) is 10.1. The highest BCUT2D eigenvalue weighted by Crippen LogP contribution is 2.36. The quantitative estimate of drug-likeness (QED) is 0.566. The number of halogens is 2. The van der Waals surface area contributed by atoms with Crippen LogP contribution in [0, 0.1) is 5.41 Å². The number of carbonyl (C=O) groups is 2. The van der Waals surface area contributed by atoms with Gasteiger partial charge in [-0.3, -0.25) is 9.59 Å². The highest BCUT2D eigenvalue weighted by atomic mass is 35.5. The van der Waals surface area contributed by atoms with Crippen LogP contribution >= 0.6 is 23.2 Å². The standard InChI is InChI=1S/C21H24Cl2N4O2/c1-21(2,10-24)11-25-20(29)12-3-6-16-18(7-12)27-19(28)9-17(26-16)14-5-4-13(22)8-15(14)23/h3-8,17,26H,9-11,24H2,1-2H3,(H,25,29)(H,27,28). The van der Waals surface area contributed by atoms with E-state index in [4.69, 9.17) is 28.9 Å². The number of fused-ring (bicyclic) bond motifs is 1. The third-order valence-corrected chi connectivity index (χ3v) is 5.46. The summed E-state index contributed by atoms with van der Waals surface area (Å²) in [5, 5.41) is 10.1. The molecule has 1 aliphatic rings. The molecule has 0 fully saturated rings. The van der Waals surface area contributed by atoms with E-state index in [1.165, 1.54) is 0 Å². The molecule has 0 spiro atoms. The van der Waals surface area contributed by atoms with Crippen molar-refractivity contribution in [3.63, 3.8) is 0 Å². The lowest BCUT2D eigenvalue weighted by Gasteiger charge is -2.22. The second kappa shape index (κ2) is 8.61. The molecule has 0 aromatic heterocycles. The van der Waals surface area contributed by atoms with Crippen LogP contribution < -0.4 is 21.7 Å². The maximum Gasteiger partial charge on any atom is 0.251 e. The number of anilines is 2. The summed E-state index contributed by atoms with van der Waals surface area (Å²) in [7, 11) is 0. The van der Waals surface area contributed by atoms with Crippen LogP contribution in [0.4, 0.5) is 11.4 Å².